The molecule has 1 rings (SSSR count). The number of nitrogens with one attached hydrogen (secondary N) is 1. The van der Waals surface area contributed by atoms with Crippen LogP contribution in [0.2, 0.25) is 5.02 Å². The van der Waals surface area contributed by atoms with Crippen molar-refractivity contribution in [1.82, 2.24) is 4.72 Å². The summed E-state index contributed by atoms with van der Waals surface area (Å²) >= 11 is 5.94. The first kappa shape index (κ1) is 17.4. The van der Waals surface area contributed by atoms with Crippen molar-refractivity contribution in [2.75, 3.05) is 19.8 Å². The molecular formula is C13H20ClNO4S. The van der Waals surface area contributed by atoms with Crippen molar-refractivity contribution in [1.29, 1.82) is 0 Å². The Balaban J connectivity index is 2.75. The molecule has 0 aromatic heterocycles. The van der Waals surface area contributed by atoms with E-state index < -0.39 is 16.3 Å². The lowest BCUT2D eigenvalue weighted by atomic mass is 10.2. The van der Waals surface area contributed by atoms with Crippen molar-refractivity contribution >= 4 is 21.6 Å². The van der Waals surface area contributed by atoms with E-state index in [0.717, 1.165) is 5.56 Å². The fourth-order valence-corrected chi connectivity index (χ4v) is 2.83. The molecular weight excluding hydrogens is 302 g/mol. The van der Waals surface area contributed by atoms with E-state index in [1.165, 1.54) is 12.1 Å². The van der Waals surface area contributed by atoms with Crippen molar-refractivity contribution in [3.05, 3.63) is 28.8 Å². The number of hydrogen-bond acceptors (Lipinski definition) is 4. The van der Waals surface area contributed by atoms with Gasteiger partial charge >= 0.3 is 0 Å². The molecule has 0 amide bonds. The van der Waals surface area contributed by atoms with Crippen LogP contribution in [0.15, 0.2) is 23.1 Å². The molecule has 0 aliphatic rings. The Bertz CT molecular complexity index is 527. The summed E-state index contributed by atoms with van der Waals surface area (Å²) in [5, 5.41) is 0.416. The SMILES string of the molecule is CCOC(CNS(=O)(=O)c1ccc(C)c(Cl)c1)OCC. The van der Waals surface area contributed by atoms with E-state index in [1.807, 2.05) is 20.8 Å². The summed E-state index contributed by atoms with van der Waals surface area (Å²) in [5.41, 5.74) is 0.826. The highest BCUT2D eigenvalue weighted by molar-refractivity contribution is 7.89. The maximum atomic E-state index is 12.1. The van der Waals surface area contributed by atoms with Gasteiger partial charge < -0.3 is 9.47 Å². The van der Waals surface area contributed by atoms with Crippen LogP contribution in [0.4, 0.5) is 0 Å². The lowest BCUT2D eigenvalue weighted by molar-refractivity contribution is -0.130. The van der Waals surface area contributed by atoms with Gasteiger partial charge in [0.1, 0.15) is 0 Å². The van der Waals surface area contributed by atoms with Gasteiger partial charge in [0.2, 0.25) is 10.0 Å². The Morgan fingerprint density at radius 3 is 2.35 bits per heavy atom. The zero-order valence-corrected chi connectivity index (χ0v) is 13.4. The van der Waals surface area contributed by atoms with Crippen LogP contribution in [0.5, 0.6) is 0 Å². The first-order valence-corrected chi connectivity index (χ1v) is 8.25. The topological polar surface area (TPSA) is 64.6 Å². The Labute approximate surface area is 125 Å². The smallest absolute Gasteiger partial charge is 0.240 e. The highest BCUT2D eigenvalue weighted by Gasteiger charge is 2.18. The average Bonchev–Trinajstić information content (AvgIpc) is 2.39. The number of halogens is 1. The van der Waals surface area contributed by atoms with E-state index in [-0.39, 0.29) is 11.4 Å². The van der Waals surface area contributed by atoms with E-state index in [0.29, 0.717) is 18.2 Å². The largest absolute Gasteiger partial charge is 0.352 e. The molecule has 1 N–H and O–H groups in total. The van der Waals surface area contributed by atoms with Gasteiger partial charge in [0, 0.05) is 18.2 Å². The van der Waals surface area contributed by atoms with Crippen molar-refractivity contribution < 1.29 is 17.9 Å². The molecule has 0 spiro atoms. The molecule has 0 bridgehead atoms. The summed E-state index contributed by atoms with van der Waals surface area (Å²) in [4.78, 5) is 0.125. The molecule has 1 aromatic rings. The highest BCUT2D eigenvalue weighted by atomic mass is 35.5. The molecule has 5 nitrogen and oxygen atoms in total. The van der Waals surface area contributed by atoms with E-state index >= 15 is 0 Å². The minimum absolute atomic E-state index is 0.0511. The van der Waals surface area contributed by atoms with Gasteiger partial charge in [-0.3, -0.25) is 0 Å². The first-order chi connectivity index (χ1) is 9.40. The summed E-state index contributed by atoms with van der Waals surface area (Å²) < 4.78 is 37.3. The number of benzene rings is 1. The number of aryl methyl sites for hydroxylation is 1. The van der Waals surface area contributed by atoms with Gasteiger partial charge in [0.25, 0.3) is 0 Å². The molecule has 0 atom stereocenters. The molecule has 0 fully saturated rings. The fraction of sp³-hybridized carbons (Fsp3) is 0.538. The highest BCUT2D eigenvalue weighted by Crippen LogP contribution is 2.19. The predicted octanol–water partition coefficient (Wildman–Crippen LogP) is 2.33. The van der Waals surface area contributed by atoms with Crippen molar-refractivity contribution in [3.8, 4) is 0 Å². The second-order valence-electron chi connectivity index (χ2n) is 4.10. The van der Waals surface area contributed by atoms with Crippen molar-refractivity contribution in [2.24, 2.45) is 0 Å². The van der Waals surface area contributed by atoms with Gasteiger partial charge in [-0.25, -0.2) is 13.1 Å². The summed E-state index contributed by atoms with van der Waals surface area (Å²) in [7, 11) is -3.63. The maximum absolute atomic E-state index is 12.1. The Hall–Kier alpha value is -0.660. The molecule has 0 aliphatic heterocycles. The normalized spacial score (nSPS) is 12.1. The van der Waals surface area contributed by atoms with E-state index in [2.05, 4.69) is 4.72 Å². The summed E-state index contributed by atoms with van der Waals surface area (Å²) in [6, 6.07) is 4.61. The summed E-state index contributed by atoms with van der Waals surface area (Å²) in [5.74, 6) is 0. The van der Waals surface area contributed by atoms with Crippen LogP contribution in [-0.4, -0.2) is 34.5 Å². The average molecular weight is 322 g/mol. The fourth-order valence-electron chi connectivity index (χ4n) is 1.54. The number of ether oxygens (including phenoxy) is 2. The zero-order chi connectivity index (χ0) is 15.2. The van der Waals surface area contributed by atoms with E-state index in [4.69, 9.17) is 21.1 Å². The van der Waals surface area contributed by atoms with Gasteiger partial charge in [-0.1, -0.05) is 17.7 Å². The lowest BCUT2D eigenvalue weighted by Crippen LogP contribution is -2.35. The molecule has 0 saturated heterocycles. The van der Waals surface area contributed by atoms with E-state index in [1.54, 1.807) is 6.07 Å². The maximum Gasteiger partial charge on any atom is 0.240 e. The monoisotopic (exact) mass is 321 g/mol. The standard InChI is InChI=1S/C13H20ClNO4S/c1-4-18-13(19-5-2)9-15-20(16,17)11-7-6-10(3)12(14)8-11/h6-8,13,15H,4-5,9H2,1-3H3. The second kappa shape index (κ2) is 7.95. The van der Waals surface area contributed by atoms with Crippen LogP contribution in [0, 0.1) is 6.92 Å². The van der Waals surface area contributed by atoms with Gasteiger partial charge in [-0.15, -0.1) is 0 Å². The minimum Gasteiger partial charge on any atom is -0.352 e. The Kier molecular flexibility index (Phi) is 6.91. The summed E-state index contributed by atoms with van der Waals surface area (Å²) in [6.07, 6.45) is -0.597. The minimum atomic E-state index is -3.63. The third-order valence-electron chi connectivity index (χ3n) is 2.60. The molecule has 0 aliphatic carbocycles. The Morgan fingerprint density at radius 1 is 1.25 bits per heavy atom. The van der Waals surface area contributed by atoms with E-state index in [9.17, 15) is 8.42 Å². The Morgan fingerprint density at radius 2 is 1.85 bits per heavy atom. The van der Waals surface area contributed by atoms with Crippen LogP contribution >= 0.6 is 11.6 Å². The molecule has 0 unspecified atom stereocenters. The molecule has 1 aromatic carbocycles. The van der Waals surface area contributed by atoms with Gasteiger partial charge in [-0.2, -0.15) is 0 Å². The van der Waals surface area contributed by atoms with Crippen LogP contribution in [-0.2, 0) is 19.5 Å². The molecule has 114 valence electrons. The molecule has 0 radical (unpaired) electrons. The van der Waals surface area contributed by atoms with Gasteiger partial charge in [-0.05, 0) is 38.5 Å². The van der Waals surface area contributed by atoms with Crippen LogP contribution in [0.25, 0.3) is 0 Å². The van der Waals surface area contributed by atoms with Crippen molar-refractivity contribution in [2.45, 2.75) is 32.0 Å². The molecule has 0 heterocycles. The van der Waals surface area contributed by atoms with Gasteiger partial charge in [0.05, 0.1) is 11.4 Å². The number of sulfonamides is 1. The van der Waals surface area contributed by atoms with Crippen LogP contribution in [0.3, 0.4) is 0 Å². The molecule has 0 saturated carbocycles. The third kappa shape index (κ3) is 5.03. The lowest BCUT2D eigenvalue weighted by Gasteiger charge is -2.17. The zero-order valence-electron chi connectivity index (χ0n) is 11.8. The molecule has 7 heteroatoms. The second-order valence-corrected chi connectivity index (χ2v) is 6.28. The van der Waals surface area contributed by atoms with Crippen LogP contribution in [0.1, 0.15) is 19.4 Å². The summed E-state index contributed by atoms with van der Waals surface area (Å²) in [6.45, 7) is 6.40. The quantitative estimate of drug-likeness (QED) is 0.746. The predicted molar refractivity (Wildman–Crippen MR) is 78.4 cm³/mol. The van der Waals surface area contributed by atoms with Gasteiger partial charge in [0.15, 0.2) is 6.29 Å². The number of hydrogen-bond donors (Lipinski definition) is 1. The third-order valence-corrected chi connectivity index (χ3v) is 4.43. The van der Waals surface area contributed by atoms with Crippen molar-refractivity contribution in [3.63, 3.8) is 0 Å². The first-order valence-electron chi connectivity index (χ1n) is 6.39. The molecule has 20 heavy (non-hydrogen) atoms. The van der Waals surface area contributed by atoms with Crippen LogP contribution < -0.4 is 4.72 Å². The number of rotatable bonds is 8.